The van der Waals surface area contributed by atoms with Gasteiger partial charge in [-0.3, -0.25) is 14.4 Å². The van der Waals surface area contributed by atoms with Crippen molar-refractivity contribution >= 4 is 17.8 Å². The molecule has 0 aromatic carbocycles. The Bertz CT molecular complexity index is 387. The molecule has 0 aromatic rings. The van der Waals surface area contributed by atoms with E-state index in [4.69, 9.17) is 16.6 Å². The van der Waals surface area contributed by atoms with Crippen molar-refractivity contribution in [2.75, 3.05) is 6.54 Å². The van der Waals surface area contributed by atoms with E-state index in [9.17, 15) is 14.4 Å². The van der Waals surface area contributed by atoms with Crippen LogP contribution in [-0.2, 0) is 14.4 Å². The lowest BCUT2D eigenvalue weighted by atomic mass is 10.0. The van der Waals surface area contributed by atoms with Crippen molar-refractivity contribution in [1.82, 2.24) is 10.6 Å². The van der Waals surface area contributed by atoms with Crippen LogP contribution in [0.25, 0.3) is 0 Å². The SMILES string of the molecule is CC(C)[C@H](NC(=O)[C@H](N)CCCCN)C(=O)N[C@@H](C)C(=O)O. The number of hydrogen-bond donors (Lipinski definition) is 5. The third-order valence-electron chi connectivity index (χ3n) is 3.28. The standard InChI is InChI=1S/C14H28N4O4/c1-8(2)11(13(20)17-9(3)14(21)22)18-12(19)10(16)6-4-5-7-15/h8-11H,4-7,15-16H2,1-3H3,(H,17,20)(H,18,19)(H,21,22)/t9-,10+,11-/m0/s1. The molecule has 2 amide bonds. The lowest BCUT2D eigenvalue weighted by Gasteiger charge is -2.24. The van der Waals surface area contributed by atoms with Crippen molar-refractivity contribution in [2.45, 2.75) is 58.2 Å². The second-order valence-corrected chi connectivity index (χ2v) is 5.69. The van der Waals surface area contributed by atoms with E-state index in [0.29, 0.717) is 13.0 Å². The minimum atomic E-state index is -1.14. The first-order chi connectivity index (χ1) is 10.2. The first-order valence-electron chi connectivity index (χ1n) is 7.49. The fourth-order valence-electron chi connectivity index (χ4n) is 1.80. The highest BCUT2D eigenvalue weighted by molar-refractivity contribution is 5.91. The summed E-state index contributed by atoms with van der Waals surface area (Å²) in [5.41, 5.74) is 11.2. The zero-order valence-electron chi connectivity index (χ0n) is 13.5. The molecule has 0 bridgehead atoms. The molecule has 0 aromatic heterocycles. The minimum Gasteiger partial charge on any atom is -0.480 e. The molecular weight excluding hydrogens is 288 g/mol. The number of amides is 2. The highest BCUT2D eigenvalue weighted by atomic mass is 16.4. The van der Waals surface area contributed by atoms with Crippen LogP contribution in [0, 0.1) is 5.92 Å². The van der Waals surface area contributed by atoms with Crippen LogP contribution in [0.1, 0.15) is 40.0 Å². The van der Waals surface area contributed by atoms with Crippen molar-refractivity contribution < 1.29 is 19.5 Å². The van der Waals surface area contributed by atoms with Crippen LogP contribution in [0.15, 0.2) is 0 Å². The zero-order valence-corrected chi connectivity index (χ0v) is 13.5. The van der Waals surface area contributed by atoms with Gasteiger partial charge in [0.1, 0.15) is 12.1 Å². The van der Waals surface area contributed by atoms with E-state index in [1.165, 1.54) is 6.92 Å². The fourth-order valence-corrected chi connectivity index (χ4v) is 1.80. The summed E-state index contributed by atoms with van der Waals surface area (Å²) in [4.78, 5) is 34.9. The topological polar surface area (TPSA) is 148 Å². The van der Waals surface area contributed by atoms with Crippen molar-refractivity contribution in [2.24, 2.45) is 17.4 Å². The third kappa shape index (κ3) is 7.37. The second kappa shape index (κ2) is 10.1. The Labute approximate surface area is 131 Å². The molecule has 0 saturated heterocycles. The Morgan fingerprint density at radius 2 is 1.64 bits per heavy atom. The van der Waals surface area contributed by atoms with Crippen LogP contribution in [0.3, 0.4) is 0 Å². The summed E-state index contributed by atoms with van der Waals surface area (Å²) in [7, 11) is 0. The van der Waals surface area contributed by atoms with Gasteiger partial charge in [0.05, 0.1) is 6.04 Å². The molecule has 0 heterocycles. The summed E-state index contributed by atoms with van der Waals surface area (Å²) in [5, 5.41) is 13.7. The largest absolute Gasteiger partial charge is 0.480 e. The average molecular weight is 316 g/mol. The van der Waals surface area contributed by atoms with E-state index in [1.807, 2.05) is 0 Å². The van der Waals surface area contributed by atoms with Gasteiger partial charge in [-0.1, -0.05) is 20.3 Å². The predicted octanol–water partition coefficient (Wildman–Crippen LogP) is -0.827. The molecule has 0 radical (unpaired) electrons. The van der Waals surface area contributed by atoms with E-state index < -0.39 is 35.9 Å². The maximum absolute atomic E-state index is 12.1. The highest BCUT2D eigenvalue weighted by Gasteiger charge is 2.28. The van der Waals surface area contributed by atoms with Gasteiger partial charge in [-0.05, 0) is 32.2 Å². The Morgan fingerprint density at radius 3 is 2.09 bits per heavy atom. The number of carboxylic acids is 1. The van der Waals surface area contributed by atoms with E-state index >= 15 is 0 Å². The van der Waals surface area contributed by atoms with Gasteiger partial charge >= 0.3 is 5.97 Å². The minimum absolute atomic E-state index is 0.193. The zero-order chi connectivity index (χ0) is 17.3. The quantitative estimate of drug-likeness (QED) is 0.332. The Hall–Kier alpha value is -1.67. The lowest BCUT2D eigenvalue weighted by Crippen LogP contribution is -2.55. The number of carbonyl (C=O) groups is 3. The summed E-state index contributed by atoms with van der Waals surface area (Å²) >= 11 is 0. The number of rotatable bonds is 10. The van der Waals surface area contributed by atoms with Crippen LogP contribution in [0.4, 0.5) is 0 Å². The number of carboxylic acid groups (broad SMARTS) is 1. The number of unbranched alkanes of at least 4 members (excludes halogenated alkanes) is 1. The fraction of sp³-hybridized carbons (Fsp3) is 0.786. The summed E-state index contributed by atoms with van der Waals surface area (Å²) in [5.74, 6) is -2.29. The molecule has 128 valence electrons. The van der Waals surface area contributed by atoms with Crippen LogP contribution in [0.5, 0.6) is 0 Å². The molecular formula is C14H28N4O4. The lowest BCUT2D eigenvalue weighted by molar-refractivity contribution is -0.142. The summed E-state index contributed by atoms with van der Waals surface area (Å²) in [6.07, 6.45) is 2.01. The van der Waals surface area contributed by atoms with Crippen LogP contribution < -0.4 is 22.1 Å². The average Bonchev–Trinajstić information content (AvgIpc) is 2.43. The number of nitrogens with two attached hydrogens (primary N) is 2. The van der Waals surface area contributed by atoms with Gasteiger partial charge in [0, 0.05) is 0 Å². The smallest absolute Gasteiger partial charge is 0.325 e. The van der Waals surface area contributed by atoms with E-state index in [2.05, 4.69) is 10.6 Å². The second-order valence-electron chi connectivity index (χ2n) is 5.69. The summed E-state index contributed by atoms with van der Waals surface area (Å²) < 4.78 is 0. The molecule has 3 atom stereocenters. The Balaban J connectivity index is 4.60. The number of nitrogens with one attached hydrogen (secondary N) is 2. The molecule has 0 aliphatic carbocycles. The highest BCUT2D eigenvalue weighted by Crippen LogP contribution is 2.05. The van der Waals surface area contributed by atoms with Crippen molar-refractivity contribution in [3.8, 4) is 0 Å². The van der Waals surface area contributed by atoms with Gasteiger partial charge in [0.2, 0.25) is 11.8 Å². The van der Waals surface area contributed by atoms with Gasteiger partial charge in [-0.15, -0.1) is 0 Å². The van der Waals surface area contributed by atoms with Gasteiger partial charge in [0.15, 0.2) is 0 Å². The molecule has 0 fully saturated rings. The van der Waals surface area contributed by atoms with Crippen molar-refractivity contribution in [1.29, 1.82) is 0 Å². The Kier molecular flexibility index (Phi) is 9.35. The molecule has 0 aliphatic rings. The molecule has 0 spiro atoms. The molecule has 8 nitrogen and oxygen atoms in total. The molecule has 22 heavy (non-hydrogen) atoms. The molecule has 0 saturated carbocycles. The van der Waals surface area contributed by atoms with Gasteiger partial charge < -0.3 is 27.2 Å². The van der Waals surface area contributed by atoms with Crippen molar-refractivity contribution in [3.05, 3.63) is 0 Å². The first-order valence-corrected chi connectivity index (χ1v) is 7.49. The first kappa shape index (κ1) is 20.3. The van der Waals surface area contributed by atoms with Gasteiger partial charge in [-0.2, -0.15) is 0 Å². The maximum Gasteiger partial charge on any atom is 0.325 e. The van der Waals surface area contributed by atoms with Gasteiger partial charge in [0.25, 0.3) is 0 Å². The molecule has 8 heteroatoms. The molecule has 0 aliphatic heterocycles. The van der Waals surface area contributed by atoms with Crippen molar-refractivity contribution in [3.63, 3.8) is 0 Å². The Morgan fingerprint density at radius 1 is 1.05 bits per heavy atom. The predicted molar refractivity (Wildman–Crippen MR) is 82.9 cm³/mol. The van der Waals surface area contributed by atoms with Crippen LogP contribution in [0.2, 0.25) is 0 Å². The summed E-state index contributed by atoms with van der Waals surface area (Å²) in [6.45, 7) is 5.42. The number of hydrogen-bond acceptors (Lipinski definition) is 5. The normalized spacial score (nSPS) is 15.0. The van der Waals surface area contributed by atoms with Crippen LogP contribution in [-0.4, -0.2) is 47.6 Å². The van der Waals surface area contributed by atoms with E-state index in [1.54, 1.807) is 13.8 Å². The summed E-state index contributed by atoms with van der Waals surface area (Å²) in [6, 6.07) is -2.56. The monoisotopic (exact) mass is 316 g/mol. The van der Waals surface area contributed by atoms with Crippen LogP contribution >= 0.6 is 0 Å². The molecule has 7 N–H and O–H groups in total. The number of aliphatic carboxylic acids is 1. The maximum atomic E-state index is 12.1. The third-order valence-corrected chi connectivity index (χ3v) is 3.28. The van der Waals surface area contributed by atoms with Gasteiger partial charge in [-0.25, -0.2) is 0 Å². The molecule has 0 rings (SSSR count). The molecule has 0 unspecified atom stereocenters. The number of carbonyl (C=O) groups excluding carboxylic acids is 2. The van der Waals surface area contributed by atoms with E-state index in [0.717, 1.165) is 12.8 Å². The van der Waals surface area contributed by atoms with E-state index in [-0.39, 0.29) is 5.92 Å².